The molecule has 5 rings (SSSR count). The number of nitrogens with two attached hydrogens (primary N) is 1. The standard InChI is InChI=1S/C20H20N8O2S/c21-28-17-4-2-1-3-16(17)27(20(28)30)19-25-14(12-31-19)18(29)24-13-11-23-6-5-15(13)26-9-7-22-8-10-26/h1-6,11-12,22H,7-10,21H2,(H,24,29). The summed E-state index contributed by atoms with van der Waals surface area (Å²) < 4.78 is 2.49. The summed E-state index contributed by atoms with van der Waals surface area (Å²) in [7, 11) is 0. The number of imidazole rings is 1. The van der Waals surface area contributed by atoms with E-state index in [0.717, 1.165) is 36.5 Å². The molecule has 10 nitrogen and oxygen atoms in total. The van der Waals surface area contributed by atoms with Gasteiger partial charge in [-0.2, -0.15) is 0 Å². The number of hydrogen-bond acceptors (Lipinski definition) is 8. The number of aromatic nitrogens is 4. The van der Waals surface area contributed by atoms with E-state index in [0.29, 0.717) is 21.9 Å². The molecule has 0 spiro atoms. The molecular formula is C20H20N8O2S. The van der Waals surface area contributed by atoms with E-state index in [-0.39, 0.29) is 11.6 Å². The Balaban J connectivity index is 1.44. The van der Waals surface area contributed by atoms with Crippen LogP contribution in [0.15, 0.2) is 52.9 Å². The van der Waals surface area contributed by atoms with Crippen LogP contribution in [0.1, 0.15) is 10.5 Å². The van der Waals surface area contributed by atoms with Crippen LogP contribution in [0.2, 0.25) is 0 Å². The molecule has 1 aliphatic rings. The Morgan fingerprint density at radius 3 is 2.74 bits per heavy atom. The number of benzene rings is 1. The fourth-order valence-electron chi connectivity index (χ4n) is 3.68. The number of pyridine rings is 1. The van der Waals surface area contributed by atoms with Crippen LogP contribution < -0.4 is 27.1 Å². The molecular weight excluding hydrogens is 416 g/mol. The molecule has 0 saturated carbocycles. The highest BCUT2D eigenvalue weighted by Gasteiger charge is 2.20. The van der Waals surface area contributed by atoms with Crippen LogP contribution in [-0.4, -0.2) is 51.3 Å². The monoisotopic (exact) mass is 436 g/mol. The lowest BCUT2D eigenvalue weighted by molar-refractivity contribution is 0.102. The van der Waals surface area contributed by atoms with Crippen LogP contribution >= 0.6 is 11.3 Å². The highest BCUT2D eigenvalue weighted by molar-refractivity contribution is 7.12. The minimum atomic E-state index is -0.421. The van der Waals surface area contributed by atoms with E-state index in [4.69, 9.17) is 5.84 Å². The van der Waals surface area contributed by atoms with E-state index in [1.165, 1.54) is 15.9 Å². The van der Waals surface area contributed by atoms with E-state index < -0.39 is 5.69 Å². The molecule has 0 aliphatic carbocycles. The Hall–Kier alpha value is -3.70. The molecule has 1 amide bonds. The lowest BCUT2D eigenvalue weighted by atomic mass is 10.2. The first-order valence-electron chi connectivity index (χ1n) is 9.78. The van der Waals surface area contributed by atoms with Crippen molar-refractivity contribution < 1.29 is 4.79 Å². The SMILES string of the molecule is Nn1c(=O)n(-c2nc(C(=O)Nc3cnccc3N3CCNCC3)cs2)c2ccccc21. The number of rotatable bonds is 4. The number of anilines is 2. The Bertz CT molecular complexity index is 1320. The fraction of sp³-hybridized carbons (Fsp3) is 0.200. The smallest absolute Gasteiger partial charge is 0.354 e. The van der Waals surface area contributed by atoms with Gasteiger partial charge in [0.1, 0.15) is 5.69 Å². The number of para-hydroxylation sites is 2. The van der Waals surface area contributed by atoms with Crippen molar-refractivity contribution in [2.75, 3.05) is 42.2 Å². The van der Waals surface area contributed by atoms with Crippen LogP contribution in [0.25, 0.3) is 16.2 Å². The molecule has 4 heterocycles. The predicted octanol–water partition coefficient (Wildman–Crippen LogP) is 1.02. The number of nitrogen functional groups attached to an aromatic ring is 1. The van der Waals surface area contributed by atoms with Crippen molar-refractivity contribution in [2.24, 2.45) is 0 Å². The first-order valence-corrected chi connectivity index (χ1v) is 10.7. The zero-order valence-corrected chi connectivity index (χ0v) is 17.3. The summed E-state index contributed by atoms with van der Waals surface area (Å²) in [6.07, 6.45) is 3.35. The maximum atomic E-state index is 12.9. The van der Waals surface area contributed by atoms with Gasteiger partial charge in [-0.25, -0.2) is 19.0 Å². The van der Waals surface area contributed by atoms with Gasteiger partial charge in [0.2, 0.25) is 0 Å². The van der Waals surface area contributed by atoms with Gasteiger partial charge >= 0.3 is 5.69 Å². The molecule has 1 aliphatic heterocycles. The van der Waals surface area contributed by atoms with Crippen molar-refractivity contribution >= 4 is 39.7 Å². The number of amides is 1. The predicted molar refractivity (Wildman–Crippen MR) is 121 cm³/mol. The number of nitrogens with one attached hydrogen (secondary N) is 2. The lowest BCUT2D eigenvalue weighted by Gasteiger charge is -2.30. The highest BCUT2D eigenvalue weighted by atomic mass is 32.1. The summed E-state index contributed by atoms with van der Waals surface area (Å²) >= 11 is 1.20. The summed E-state index contributed by atoms with van der Waals surface area (Å²) in [5.41, 5.74) is 2.56. The molecule has 11 heteroatoms. The summed E-state index contributed by atoms with van der Waals surface area (Å²) in [6, 6.07) is 9.06. The third-order valence-electron chi connectivity index (χ3n) is 5.20. The zero-order valence-electron chi connectivity index (χ0n) is 16.5. The maximum absolute atomic E-state index is 12.9. The first-order chi connectivity index (χ1) is 15.1. The number of hydrogen-bond donors (Lipinski definition) is 3. The van der Waals surface area contributed by atoms with Crippen molar-refractivity contribution in [3.63, 3.8) is 0 Å². The molecule has 1 saturated heterocycles. The Labute approximate surface area is 180 Å². The van der Waals surface area contributed by atoms with Crippen LogP contribution in [0.5, 0.6) is 0 Å². The number of carbonyl (C=O) groups is 1. The summed E-state index contributed by atoms with van der Waals surface area (Å²) in [5, 5.41) is 8.23. The molecule has 158 valence electrons. The zero-order chi connectivity index (χ0) is 21.4. The molecule has 4 aromatic rings. The molecule has 1 aromatic carbocycles. The Morgan fingerprint density at radius 2 is 1.94 bits per heavy atom. The van der Waals surface area contributed by atoms with Gasteiger partial charge in [-0.05, 0) is 18.2 Å². The van der Waals surface area contributed by atoms with E-state index in [1.807, 2.05) is 12.1 Å². The number of nitrogens with zero attached hydrogens (tertiary/aromatic N) is 5. The number of piperazine rings is 1. The van der Waals surface area contributed by atoms with Gasteiger partial charge in [0.05, 0.1) is 28.6 Å². The van der Waals surface area contributed by atoms with Crippen molar-refractivity contribution in [3.05, 3.63) is 64.3 Å². The molecule has 4 N–H and O–H groups in total. The minimum Gasteiger partial charge on any atom is -0.367 e. The van der Waals surface area contributed by atoms with E-state index in [9.17, 15) is 9.59 Å². The van der Waals surface area contributed by atoms with Crippen molar-refractivity contribution in [1.29, 1.82) is 0 Å². The van der Waals surface area contributed by atoms with Gasteiger partial charge in [0.25, 0.3) is 5.91 Å². The van der Waals surface area contributed by atoms with Gasteiger partial charge in [-0.15, -0.1) is 11.3 Å². The third-order valence-corrected chi connectivity index (χ3v) is 6.03. The van der Waals surface area contributed by atoms with Crippen LogP contribution in [0, 0.1) is 0 Å². The van der Waals surface area contributed by atoms with Crippen LogP contribution in [-0.2, 0) is 0 Å². The van der Waals surface area contributed by atoms with Crippen LogP contribution in [0.4, 0.5) is 11.4 Å². The molecule has 0 bridgehead atoms. The van der Waals surface area contributed by atoms with E-state index >= 15 is 0 Å². The fourth-order valence-corrected chi connectivity index (χ4v) is 4.49. The summed E-state index contributed by atoms with van der Waals surface area (Å²) in [5.74, 6) is 5.53. The molecule has 0 radical (unpaired) electrons. The largest absolute Gasteiger partial charge is 0.367 e. The Kier molecular flexibility index (Phi) is 4.88. The van der Waals surface area contributed by atoms with Gasteiger partial charge < -0.3 is 21.4 Å². The van der Waals surface area contributed by atoms with Gasteiger partial charge in [0.15, 0.2) is 5.13 Å². The third kappa shape index (κ3) is 3.43. The Morgan fingerprint density at radius 1 is 1.16 bits per heavy atom. The van der Waals surface area contributed by atoms with Crippen LogP contribution in [0.3, 0.4) is 0 Å². The molecule has 0 unspecified atom stereocenters. The van der Waals surface area contributed by atoms with Crippen molar-refractivity contribution in [1.82, 2.24) is 24.5 Å². The normalized spacial score (nSPS) is 14.1. The maximum Gasteiger partial charge on any atom is 0.354 e. The van der Waals surface area contributed by atoms with Gasteiger partial charge in [0, 0.05) is 37.8 Å². The van der Waals surface area contributed by atoms with Crippen molar-refractivity contribution in [2.45, 2.75) is 0 Å². The van der Waals surface area contributed by atoms with E-state index in [2.05, 4.69) is 25.5 Å². The molecule has 0 atom stereocenters. The minimum absolute atomic E-state index is 0.218. The topological polar surface area (TPSA) is 123 Å². The average molecular weight is 437 g/mol. The first kappa shape index (κ1) is 19.3. The number of fused-ring (bicyclic) bond motifs is 1. The molecule has 3 aromatic heterocycles. The highest BCUT2D eigenvalue weighted by Crippen LogP contribution is 2.26. The second kappa shape index (κ2) is 7.85. The second-order valence-corrected chi connectivity index (χ2v) is 7.91. The number of thiazole rings is 1. The molecule has 31 heavy (non-hydrogen) atoms. The van der Waals surface area contributed by atoms with E-state index in [1.54, 1.807) is 36.0 Å². The lowest BCUT2D eigenvalue weighted by Crippen LogP contribution is -2.43. The van der Waals surface area contributed by atoms with Gasteiger partial charge in [-0.1, -0.05) is 12.1 Å². The average Bonchev–Trinajstić information content (AvgIpc) is 3.38. The number of carbonyl (C=O) groups excluding carboxylic acids is 1. The van der Waals surface area contributed by atoms with Crippen molar-refractivity contribution in [3.8, 4) is 5.13 Å². The van der Waals surface area contributed by atoms with Gasteiger partial charge in [-0.3, -0.25) is 9.78 Å². The quantitative estimate of drug-likeness (QED) is 0.408. The summed E-state index contributed by atoms with van der Waals surface area (Å²) in [6.45, 7) is 3.46. The summed E-state index contributed by atoms with van der Waals surface area (Å²) in [4.78, 5) is 36.3. The molecule has 1 fully saturated rings. The second-order valence-electron chi connectivity index (χ2n) is 7.08.